The summed E-state index contributed by atoms with van der Waals surface area (Å²) < 4.78 is 0. The van der Waals surface area contributed by atoms with E-state index in [0.717, 1.165) is 0 Å². The Bertz CT molecular complexity index is 168. The highest BCUT2D eigenvalue weighted by atomic mass is 16.4. The lowest BCUT2D eigenvalue weighted by atomic mass is 10.5. The van der Waals surface area contributed by atoms with Crippen LogP contribution in [0.25, 0.3) is 0 Å². The predicted octanol–water partition coefficient (Wildman–Crippen LogP) is -0.786. The van der Waals surface area contributed by atoms with E-state index in [9.17, 15) is 14.4 Å². The van der Waals surface area contributed by atoms with Crippen LogP contribution in [0.2, 0.25) is 0 Å². The lowest BCUT2D eigenvalue weighted by Gasteiger charge is -1.88. The summed E-state index contributed by atoms with van der Waals surface area (Å²) in [6, 6.07) is -1.88. The molecule has 7 nitrogen and oxygen atoms in total. The first-order valence-electron chi connectivity index (χ1n) is 2.97. The lowest BCUT2D eigenvalue weighted by Crippen LogP contribution is -2.38. The number of hydrogen-bond acceptors (Lipinski definition) is 3. The van der Waals surface area contributed by atoms with Gasteiger partial charge in [0, 0.05) is 6.42 Å². The Morgan fingerprint density at radius 1 is 1.25 bits per heavy atom. The van der Waals surface area contributed by atoms with E-state index in [0.29, 0.717) is 0 Å². The van der Waals surface area contributed by atoms with E-state index < -0.39 is 18.0 Å². The smallest absolute Gasteiger partial charge is 0.320 e. The third-order valence-corrected chi connectivity index (χ3v) is 0.549. The van der Waals surface area contributed by atoms with Crippen LogP contribution in [0.15, 0.2) is 0 Å². The molecule has 0 saturated carbocycles. The second-order valence-electron chi connectivity index (χ2n) is 1.60. The second kappa shape index (κ2) is 7.32. The molecule has 0 heterocycles. The number of urea groups is 2. The fourth-order valence-electron chi connectivity index (χ4n) is 0.121. The molecule has 0 atom stereocenters. The van der Waals surface area contributed by atoms with Crippen molar-refractivity contribution in [2.75, 3.05) is 0 Å². The van der Waals surface area contributed by atoms with Crippen LogP contribution in [-0.4, -0.2) is 23.1 Å². The van der Waals surface area contributed by atoms with Crippen molar-refractivity contribution >= 4 is 18.0 Å². The number of carboxylic acids is 1. The lowest BCUT2D eigenvalue weighted by molar-refractivity contribution is -0.136. The summed E-state index contributed by atoms with van der Waals surface area (Å²) in [6.45, 7) is 1.60. The molecule has 0 bridgehead atoms. The minimum Gasteiger partial charge on any atom is -0.481 e. The van der Waals surface area contributed by atoms with Crippen molar-refractivity contribution in [3.8, 4) is 0 Å². The Morgan fingerprint density at radius 3 is 1.50 bits per heavy atom. The van der Waals surface area contributed by atoms with Crippen LogP contribution in [0.4, 0.5) is 9.59 Å². The van der Waals surface area contributed by atoms with E-state index in [2.05, 4.69) is 11.5 Å². The highest BCUT2D eigenvalue weighted by Crippen LogP contribution is 1.67. The van der Waals surface area contributed by atoms with Crippen LogP contribution in [0.1, 0.15) is 13.3 Å². The van der Waals surface area contributed by atoms with Crippen molar-refractivity contribution in [3.05, 3.63) is 0 Å². The monoisotopic (exact) mass is 177 g/mol. The van der Waals surface area contributed by atoms with Gasteiger partial charge in [-0.1, -0.05) is 6.92 Å². The summed E-state index contributed by atoms with van der Waals surface area (Å²) in [4.78, 5) is 28.6. The minimum atomic E-state index is -0.938. The molecule has 0 unspecified atom stereocenters. The van der Waals surface area contributed by atoms with Crippen LogP contribution < -0.4 is 16.8 Å². The molecule has 4 amide bonds. The topological polar surface area (TPSA) is 136 Å². The summed E-state index contributed by atoms with van der Waals surface area (Å²) >= 11 is 0. The highest BCUT2D eigenvalue weighted by Gasteiger charge is 1.92. The zero-order valence-electron chi connectivity index (χ0n) is 6.53. The molecule has 70 valence electrons. The summed E-state index contributed by atoms with van der Waals surface area (Å²) in [7, 11) is 0. The van der Waals surface area contributed by atoms with Crippen LogP contribution in [0, 0.1) is 0 Å². The van der Waals surface area contributed by atoms with Gasteiger partial charge in [-0.05, 0) is 0 Å². The van der Waals surface area contributed by atoms with Crippen LogP contribution >= 0.6 is 0 Å². The zero-order valence-corrected chi connectivity index (χ0v) is 6.53. The number of rotatable bonds is 1. The Hall–Kier alpha value is -1.79. The van der Waals surface area contributed by atoms with Gasteiger partial charge in [0.1, 0.15) is 0 Å². The Morgan fingerprint density at radius 2 is 1.50 bits per heavy atom. The largest absolute Gasteiger partial charge is 0.481 e. The van der Waals surface area contributed by atoms with Gasteiger partial charge < -0.3 is 16.6 Å². The van der Waals surface area contributed by atoms with Gasteiger partial charge in [0.15, 0.2) is 0 Å². The molecule has 0 aromatic carbocycles. The van der Waals surface area contributed by atoms with Gasteiger partial charge in [-0.25, -0.2) is 9.59 Å². The summed E-state index contributed by atoms with van der Waals surface area (Å²) in [5.41, 5.74) is 8.88. The fraction of sp³-hybridized carbons (Fsp3) is 0.400. The number of nitrogens with two attached hydrogens (primary N) is 2. The van der Waals surface area contributed by atoms with Gasteiger partial charge in [-0.15, -0.1) is 0 Å². The van der Waals surface area contributed by atoms with Gasteiger partial charge in [-0.3, -0.25) is 10.1 Å². The van der Waals surface area contributed by atoms with Gasteiger partial charge in [-0.2, -0.15) is 0 Å². The number of carbonyl (C=O) groups is 3. The van der Waals surface area contributed by atoms with Gasteiger partial charge in [0.2, 0.25) is 0 Å². The molecule has 7 heteroatoms. The molecule has 0 rings (SSSR count). The molecular formula is C5H11N3O4. The number of imide groups is 1. The predicted molar refractivity (Wildman–Crippen MR) is 40.2 cm³/mol. The maximum Gasteiger partial charge on any atom is 0.320 e. The molecule has 0 fully saturated rings. The summed E-state index contributed by atoms with van der Waals surface area (Å²) in [6.07, 6.45) is 0.222. The average molecular weight is 177 g/mol. The number of carbonyl (C=O) groups excluding carboxylic acids is 2. The average Bonchev–Trinajstić information content (AvgIpc) is 1.85. The maximum absolute atomic E-state index is 9.62. The molecule has 0 spiro atoms. The first kappa shape index (κ1) is 12.8. The SMILES string of the molecule is CCC(=O)O.NC(=O)NC(N)=O. The van der Waals surface area contributed by atoms with Crippen molar-refractivity contribution < 1.29 is 19.5 Å². The standard InChI is InChI=1S/C3H6O2.C2H5N3O2/c1-2-3(4)5;3-1(6)5-2(4)7/h2H2,1H3,(H,4,5);(H5,3,4,5,6,7). The number of aliphatic carboxylic acids is 1. The first-order valence-corrected chi connectivity index (χ1v) is 2.97. The van der Waals surface area contributed by atoms with Crippen molar-refractivity contribution in [2.45, 2.75) is 13.3 Å². The fourth-order valence-corrected chi connectivity index (χ4v) is 0.121. The van der Waals surface area contributed by atoms with Crippen LogP contribution in [-0.2, 0) is 4.79 Å². The van der Waals surface area contributed by atoms with Crippen LogP contribution in [0.3, 0.4) is 0 Å². The molecule has 0 aliphatic carbocycles. The van der Waals surface area contributed by atoms with Crippen LogP contribution in [0.5, 0.6) is 0 Å². The number of hydrogen-bond donors (Lipinski definition) is 4. The Balaban J connectivity index is 0. The van der Waals surface area contributed by atoms with E-state index >= 15 is 0 Å². The van der Waals surface area contributed by atoms with E-state index in [-0.39, 0.29) is 6.42 Å². The third-order valence-electron chi connectivity index (χ3n) is 0.549. The van der Waals surface area contributed by atoms with E-state index in [4.69, 9.17) is 5.11 Å². The molecule has 0 aliphatic heterocycles. The number of carboxylic acid groups (broad SMARTS) is 1. The van der Waals surface area contributed by atoms with Crippen molar-refractivity contribution in [3.63, 3.8) is 0 Å². The molecule has 0 aromatic rings. The van der Waals surface area contributed by atoms with E-state index in [1.807, 2.05) is 0 Å². The zero-order chi connectivity index (χ0) is 10.1. The summed E-state index contributed by atoms with van der Waals surface area (Å²) in [5, 5.41) is 9.31. The number of nitrogens with one attached hydrogen (secondary N) is 1. The normalized spacial score (nSPS) is 7.42. The van der Waals surface area contributed by atoms with Crippen molar-refractivity contribution in [2.24, 2.45) is 11.5 Å². The molecule has 0 aromatic heterocycles. The quantitative estimate of drug-likeness (QED) is 0.417. The van der Waals surface area contributed by atoms with Crippen molar-refractivity contribution in [1.29, 1.82) is 0 Å². The van der Waals surface area contributed by atoms with Gasteiger partial charge in [0.25, 0.3) is 0 Å². The summed E-state index contributed by atoms with van der Waals surface area (Å²) in [5.74, 6) is -0.745. The molecule has 0 radical (unpaired) electrons. The van der Waals surface area contributed by atoms with E-state index in [1.165, 1.54) is 0 Å². The number of amides is 4. The second-order valence-corrected chi connectivity index (χ2v) is 1.60. The Labute approximate surface area is 68.7 Å². The molecule has 0 aliphatic rings. The first-order chi connectivity index (χ1) is 5.40. The third kappa shape index (κ3) is 24.1. The molecular weight excluding hydrogens is 166 g/mol. The molecule has 0 saturated heterocycles. The van der Waals surface area contributed by atoms with E-state index in [1.54, 1.807) is 12.2 Å². The van der Waals surface area contributed by atoms with Gasteiger partial charge >= 0.3 is 18.0 Å². The number of primary amides is 2. The Kier molecular flexibility index (Phi) is 7.84. The highest BCUT2D eigenvalue weighted by molar-refractivity contribution is 5.91. The van der Waals surface area contributed by atoms with Gasteiger partial charge in [0.05, 0.1) is 0 Å². The maximum atomic E-state index is 9.62. The minimum absolute atomic E-state index is 0.222. The molecule has 12 heavy (non-hydrogen) atoms. The van der Waals surface area contributed by atoms with Crippen molar-refractivity contribution in [1.82, 2.24) is 5.32 Å². The molecule has 6 N–H and O–H groups in total.